The first-order valence-corrected chi connectivity index (χ1v) is 10.2. The Morgan fingerprint density at radius 3 is 2.34 bits per heavy atom. The summed E-state index contributed by atoms with van der Waals surface area (Å²) in [6, 6.07) is 24.8. The first-order valence-electron chi connectivity index (χ1n) is 9.18. The molecule has 4 aromatic rings. The van der Waals surface area contributed by atoms with Gasteiger partial charge in [-0.1, -0.05) is 42.1 Å². The second kappa shape index (κ2) is 8.32. The van der Waals surface area contributed by atoms with E-state index in [1.165, 1.54) is 18.7 Å². The highest BCUT2D eigenvalue weighted by atomic mass is 32.2. The molecule has 0 saturated heterocycles. The van der Waals surface area contributed by atoms with Crippen LogP contribution < -0.4 is 5.32 Å². The van der Waals surface area contributed by atoms with E-state index < -0.39 is 0 Å². The molecule has 6 heteroatoms. The zero-order valence-electron chi connectivity index (χ0n) is 15.8. The predicted octanol–water partition coefficient (Wildman–Crippen LogP) is 4.96. The largest absolute Gasteiger partial charge is 0.325 e. The van der Waals surface area contributed by atoms with Gasteiger partial charge in [-0.15, -0.1) is 0 Å². The van der Waals surface area contributed by atoms with Crippen LogP contribution in [-0.4, -0.2) is 27.0 Å². The van der Waals surface area contributed by atoms with Gasteiger partial charge in [0.15, 0.2) is 10.9 Å². The smallest absolute Gasteiger partial charge is 0.234 e. The molecule has 0 fully saturated rings. The highest BCUT2D eigenvalue weighted by Gasteiger charge is 2.14. The minimum atomic E-state index is -0.128. The van der Waals surface area contributed by atoms with Crippen LogP contribution in [0.4, 0.5) is 5.69 Å². The Hall–Kier alpha value is -3.38. The molecule has 0 spiro atoms. The van der Waals surface area contributed by atoms with Gasteiger partial charge in [-0.3, -0.25) is 14.2 Å². The number of aromatic nitrogens is 2. The van der Waals surface area contributed by atoms with Gasteiger partial charge in [0.2, 0.25) is 5.91 Å². The molecular formula is C23H19N3O2S. The maximum absolute atomic E-state index is 12.4. The van der Waals surface area contributed by atoms with Crippen molar-refractivity contribution in [2.45, 2.75) is 12.1 Å². The summed E-state index contributed by atoms with van der Waals surface area (Å²) in [6.07, 6.45) is 0. The molecule has 1 aromatic heterocycles. The molecule has 144 valence electrons. The van der Waals surface area contributed by atoms with Crippen molar-refractivity contribution in [2.75, 3.05) is 11.1 Å². The number of imidazole rings is 1. The van der Waals surface area contributed by atoms with E-state index in [1.54, 1.807) is 24.3 Å². The molecule has 0 atom stereocenters. The number of Topliss-reactive ketones (excluding diaryl/α,β-unsaturated/α-hetero) is 1. The van der Waals surface area contributed by atoms with E-state index in [1.807, 2.05) is 54.6 Å². The Kier molecular flexibility index (Phi) is 5.44. The molecule has 1 N–H and O–H groups in total. The number of thioether (sulfide) groups is 1. The molecule has 0 unspecified atom stereocenters. The number of nitrogens with zero attached hydrogens (tertiary/aromatic N) is 2. The molecule has 4 rings (SSSR count). The average Bonchev–Trinajstić information content (AvgIpc) is 3.12. The molecule has 0 bridgehead atoms. The van der Waals surface area contributed by atoms with E-state index in [0.717, 1.165) is 21.9 Å². The van der Waals surface area contributed by atoms with Crippen LogP contribution in [0.2, 0.25) is 0 Å². The lowest BCUT2D eigenvalue weighted by atomic mass is 10.1. The summed E-state index contributed by atoms with van der Waals surface area (Å²) >= 11 is 1.39. The number of rotatable bonds is 6. The summed E-state index contributed by atoms with van der Waals surface area (Å²) in [7, 11) is 0. The number of fused-ring (bicyclic) bond motifs is 1. The van der Waals surface area contributed by atoms with Crippen LogP contribution in [0.15, 0.2) is 84.0 Å². The highest BCUT2D eigenvalue weighted by molar-refractivity contribution is 7.99. The van der Waals surface area contributed by atoms with Crippen LogP contribution in [0.3, 0.4) is 0 Å². The van der Waals surface area contributed by atoms with Crippen LogP contribution in [0.5, 0.6) is 0 Å². The van der Waals surface area contributed by atoms with E-state index in [0.29, 0.717) is 11.3 Å². The van der Waals surface area contributed by atoms with Gasteiger partial charge < -0.3 is 5.32 Å². The fraction of sp³-hybridized carbons (Fsp3) is 0.0870. The first kappa shape index (κ1) is 19.0. The summed E-state index contributed by atoms with van der Waals surface area (Å²) < 4.78 is 2.06. The van der Waals surface area contributed by atoms with Crippen molar-refractivity contribution in [1.82, 2.24) is 9.55 Å². The van der Waals surface area contributed by atoms with Crippen molar-refractivity contribution in [3.8, 4) is 5.69 Å². The van der Waals surface area contributed by atoms with Gasteiger partial charge in [0, 0.05) is 16.9 Å². The molecule has 1 amide bonds. The number of ketones is 1. The molecule has 0 aliphatic carbocycles. The molecule has 0 radical (unpaired) electrons. The lowest BCUT2D eigenvalue weighted by Crippen LogP contribution is -2.14. The van der Waals surface area contributed by atoms with Crippen LogP contribution in [0.1, 0.15) is 17.3 Å². The zero-order valence-corrected chi connectivity index (χ0v) is 16.6. The van der Waals surface area contributed by atoms with Gasteiger partial charge in [-0.2, -0.15) is 0 Å². The van der Waals surface area contributed by atoms with Crippen molar-refractivity contribution in [3.05, 3.63) is 84.4 Å². The number of carbonyl (C=O) groups is 2. The van der Waals surface area contributed by atoms with Crippen molar-refractivity contribution >= 4 is 40.2 Å². The summed E-state index contributed by atoms with van der Waals surface area (Å²) in [5, 5.41) is 3.63. The first-order chi connectivity index (χ1) is 14.1. The summed E-state index contributed by atoms with van der Waals surface area (Å²) in [4.78, 5) is 28.5. The van der Waals surface area contributed by atoms with Crippen molar-refractivity contribution in [2.24, 2.45) is 0 Å². The molecule has 5 nitrogen and oxygen atoms in total. The number of amides is 1. The van der Waals surface area contributed by atoms with Crippen LogP contribution in [0, 0.1) is 0 Å². The summed E-state index contributed by atoms with van der Waals surface area (Å²) in [5.41, 5.74) is 4.18. The van der Waals surface area contributed by atoms with E-state index >= 15 is 0 Å². The number of carbonyl (C=O) groups excluding carboxylic acids is 2. The SMILES string of the molecule is CC(=O)c1ccc(NC(=O)CSc2nc3ccccc3n2-c2ccccc2)cc1. The van der Waals surface area contributed by atoms with E-state index in [4.69, 9.17) is 4.98 Å². The average molecular weight is 401 g/mol. The Balaban J connectivity index is 1.52. The van der Waals surface area contributed by atoms with Crippen LogP contribution >= 0.6 is 11.8 Å². The second-order valence-electron chi connectivity index (χ2n) is 6.52. The number of anilines is 1. The molecule has 3 aromatic carbocycles. The van der Waals surface area contributed by atoms with Crippen molar-refractivity contribution in [3.63, 3.8) is 0 Å². The molecule has 1 heterocycles. The predicted molar refractivity (Wildman–Crippen MR) is 117 cm³/mol. The van der Waals surface area contributed by atoms with Gasteiger partial charge in [-0.05, 0) is 55.5 Å². The maximum atomic E-state index is 12.4. The quantitative estimate of drug-likeness (QED) is 0.366. The second-order valence-corrected chi connectivity index (χ2v) is 7.47. The third-order valence-electron chi connectivity index (χ3n) is 4.45. The number of hydrogen-bond donors (Lipinski definition) is 1. The Bertz CT molecular complexity index is 1170. The third kappa shape index (κ3) is 4.22. The third-order valence-corrected chi connectivity index (χ3v) is 5.39. The maximum Gasteiger partial charge on any atom is 0.234 e. The van der Waals surface area contributed by atoms with Crippen molar-refractivity contribution < 1.29 is 9.59 Å². The van der Waals surface area contributed by atoms with Gasteiger partial charge in [0.1, 0.15) is 0 Å². The molecule has 0 aliphatic rings. The molecule has 0 saturated carbocycles. The monoisotopic (exact) mass is 401 g/mol. The fourth-order valence-corrected chi connectivity index (χ4v) is 3.87. The topological polar surface area (TPSA) is 64.0 Å². The Morgan fingerprint density at radius 1 is 0.931 bits per heavy atom. The number of hydrogen-bond acceptors (Lipinski definition) is 4. The van der Waals surface area contributed by atoms with Crippen LogP contribution in [-0.2, 0) is 4.79 Å². The van der Waals surface area contributed by atoms with Gasteiger partial charge >= 0.3 is 0 Å². The number of nitrogens with one attached hydrogen (secondary N) is 1. The molecule has 29 heavy (non-hydrogen) atoms. The van der Waals surface area contributed by atoms with E-state index in [2.05, 4.69) is 9.88 Å². The Morgan fingerprint density at radius 2 is 1.62 bits per heavy atom. The lowest BCUT2D eigenvalue weighted by molar-refractivity contribution is -0.113. The standard InChI is InChI=1S/C23H19N3O2S/c1-16(27)17-11-13-18(14-12-17)24-22(28)15-29-23-25-20-9-5-6-10-21(20)26(23)19-7-3-2-4-8-19/h2-14H,15H2,1H3,(H,24,28). The number of benzene rings is 3. The van der Waals surface area contributed by atoms with Crippen LogP contribution in [0.25, 0.3) is 16.7 Å². The lowest BCUT2D eigenvalue weighted by Gasteiger charge is -2.09. The van der Waals surface area contributed by atoms with E-state index in [9.17, 15) is 9.59 Å². The zero-order chi connectivity index (χ0) is 20.2. The summed E-state index contributed by atoms with van der Waals surface area (Å²) in [5.74, 6) is 0.0976. The summed E-state index contributed by atoms with van der Waals surface area (Å²) in [6.45, 7) is 1.52. The minimum Gasteiger partial charge on any atom is -0.325 e. The fourth-order valence-electron chi connectivity index (χ4n) is 3.04. The molecular weight excluding hydrogens is 382 g/mol. The van der Waals surface area contributed by atoms with Crippen molar-refractivity contribution in [1.29, 1.82) is 0 Å². The van der Waals surface area contributed by atoms with Gasteiger partial charge in [0.05, 0.1) is 16.8 Å². The minimum absolute atomic E-state index is 0.00162. The van der Waals surface area contributed by atoms with Gasteiger partial charge in [-0.25, -0.2) is 4.98 Å². The van der Waals surface area contributed by atoms with E-state index in [-0.39, 0.29) is 17.4 Å². The molecule has 0 aliphatic heterocycles. The van der Waals surface area contributed by atoms with Gasteiger partial charge in [0.25, 0.3) is 0 Å². The normalized spacial score (nSPS) is 10.8. The Labute approximate surface area is 172 Å². The highest BCUT2D eigenvalue weighted by Crippen LogP contribution is 2.28. The number of para-hydroxylation sites is 3.